The van der Waals surface area contributed by atoms with E-state index in [4.69, 9.17) is 9.47 Å². The van der Waals surface area contributed by atoms with Crippen molar-refractivity contribution in [3.8, 4) is 22.6 Å². The number of carbonyl (C=O) groups is 2. The van der Waals surface area contributed by atoms with Gasteiger partial charge in [-0.15, -0.1) is 0 Å². The Balaban J connectivity index is 1.77. The highest BCUT2D eigenvalue weighted by Gasteiger charge is 2.39. The van der Waals surface area contributed by atoms with E-state index in [9.17, 15) is 9.59 Å². The highest BCUT2D eigenvalue weighted by Crippen LogP contribution is 2.39. The van der Waals surface area contributed by atoms with Crippen LogP contribution >= 0.6 is 0 Å². The van der Waals surface area contributed by atoms with Crippen molar-refractivity contribution in [2.75, 3.05) is 13.2 Å². The second-order valence-corrected chi connectivity index (χ2v) is 7.16. The van der Waals surface area contributed by atoms with E-state index in [1.54, 1.807) is 30.5 Å². The summed E-state index contributed by atoms with van der Waals surface area (Å²) in [5, 5.41) is 0. The lowest BCUT2D eigenvalue weighted by atomic mass is 9.98. The summed E-state index contributed by atoms with van der Waals surface area (Å²) >= 11 is 0. The fraction of sp³-hybridized carbons (Fsp3) is 0.240. The van der Waals surface area contributed by atoms with E-state index in [1.807, 2.05) is 51.1 Å². The fourth-order valence-electron chi connectivity index (χ4n) is 3.92. The largest absolute Gasteiger partial charge is 0.494 e. The molecule has 1 aliphatic rings. The van der Waals surface area contributed by atoms with Crippen LogP contribution in [0.5, 0.6) is 11.5 Å². The van der Waals surface area contributed by atoms with Crippen molar-refractivity contribution in [2.24, 2.45) is 0 Å². The standard InChI is InChI=1S/C25H24N2O4/c1-4-30-17-12-13-18(22(15-17)31-5-2)19-11-8-14-26-23(19)16(3)27-24(28)20-9-6-7-10-21(20)25(27)29/h6-16H,4-5H2,1-3H3. The van der Waals surface area contributed by atoms with E-state index in [0.717, 1.165) is 11.1 Å². The first-order valence-electron chi connectivity index (χ1n) is 10.4. The Morgan fingerprint density at radius 2 is 1.48 bits per heavy atom. The lowest BCUT2D eigenvalue weighted by Gasteiger charge is -2.24. The zero-order valence-electron chi connectivity index (χ0n) is 17.8. The maximum absolute atomic E-state index is 13.0. The van der Waals surface area contributed by atoms with Gasteiger partial charge in [-0.1, -0.05) is 18.2 Å². The minimum Gasteiger partial charge on any atom is -0.494 e. The van der Waals surface area contributed by atoms with Crippen LogP contribution < -0.4 is 9.47 Å². The van der Waals surface area contributed by atoms with Crippen LogP contribution in [-0.4, -0.2) is 34.9 Å². The molecule has 1 aromatic heterocycles. The molecule has 0 saturated carbocycles. The zero-order chi connectivity index (χ0) is 22.0. The molecule has 31 heavy (non-hydrogen) atoms. The van der Waals surface area contributed by atoms with Crippen LogP contribution in [0.2, 0.25) is 0 Å². The van der Waals surface area contributed by atoms with Gasteiger partial charge in [-0.3, -0.25) is 19.5 Å². The van der Waals surface area contributed by atoms with E-state index < -0.39 is 6.04 Å². The van der Waals surface area contributed by atoms with Crippen LogP contribution in [0.4, 0.5) is 0 Å². The molecular formula is C25H24N2O4. The minimum atomic E-state index is -0.551. The normalized spacial score (nSPS) is 13.8. The van der Waals surface area contributed by atoms with Gasteiger partial charge in [0.25, 0.3) is 11.8 Å². The number of pyridine rings is 1. The number of aromatic nitrogens is 1. The quantitative estimate of drug-likeness (QED) is 0.512. The van der Waals surface area contributed by atoms with Crippen molar-refractivity contribution in [3.05, 3.63) is 77.6 Å². The summed E-state index contributed by atoms with van der Waals surface area (Å²) in [6, 6.07) is 15.8. The van der Waals surface area contributed by atoms with Gasteiger partial charge in [0.2, 0.25) is 0 Å². The number of amides is 2. The van der Waals surface area contributed by atoms with Gasteiger partial charge < -0.3 is 9.47 Å². The topological polar surface area (TPSA) is 68.7 Å². The minimum absolute atomic E-state index is 0.304. The Morgan fingerprint density at radius 3 is 2.13 bits per heavy atom. The number of hydrogen-bond donors (Lipinski definition) is 0. The molecular weight excluding hydrogens is 392 g/mol. The second-order valence-electron chi connectivity index (χ2n) is 7.16. The average Bonchev–Trinajstić information content (AvgIpc) is 3.04. The van der Waals surface area contributed by atoms with E-state index in [0.29, 0.717) is 41.5 Å². The Labute approximate surface area is 181 Å². The van der Waals surface area contributed by atoms with E-state index in [-0.39, 0.29) is 11.8 Å². The lowest BCUT2D eigenvalue weighted by molar-refractivity contribution is 0.0592. The molecule has 1 atom stereocenters. The Morgan fingerprint density at radius 1 is 0.839 bits per heavy atom. The summed E-state index contributed by atoms with van der Waals surface area (Å²) in [6.07, 6.45) is 1.67. The number of ether oxygens (including phenoxy) is 2. The third-order valence-electron chi connectivity index (χ3n) is 5.30. The van der Waals surface area contributed by atoms with Crippen molar-refractivity contribution in [3.63, 3.8) is 0 Å². The molecule has 158 valence electrons. The zero-order valence-corrected chi connectivity index (χ0v) is 17.8. The molecule has 6 heteroatoms. The van der Waals surface area contributed by atoms with Crippen LogP contribution in [0.25, 0.3) is 11.1 Å². The third kappa shape index (κ3) is 3.65. The molecule has 4 rings (SSSR count). The molecule has 0 fully saturated rings. The van der Waals surface area contributed by atoms with E-state index in [1.165, 1.54) is 4.90 Å². The van der Waals surface area contributed by atoms with Gasteiger partial charge in [0.05, 0.1) is 36.1 Å². The molecule has 1 aliphatic heterocycles. The highest BCUT2D eigenvalue weighted by atomic mass is 16.5. The van der Waals surface area contributed by atoms with E-state index in [2.05, 4.69) is 4.98 Å². The van der Waals surface area contributed by atoms with Gasteiger partial charge in [0, 0.05) is 23.4 Å². The van der Waals surface area contributed by atoms with Crippen molar-refractivity contribution in [1.82, 2.24) is 9.88 Å². The lowest BCUT2D eigenvalue weighted by Crippen LogP contribution is -2.33. The van der Waals surface area contributed by atoms with Crippen molar-refractivity contribution < 1.29 is 19.1 Å². The highest BCUT2D eigenvalue weighted by molar-refractivity contribution is 6.21. The third-order valence-corrected chi connectivity index (χ3v) is 5.30. The van der Waals surface area contributed by atoms with Crippen LogP contribution in [0.15, 0.2) is 60.8 Å². The molecule has 0 radical (unpaired) electrons. The summed E-state index contributed by atoms with van der Waals surface area (Å²) in [6.45, 7) is 6.72. The summed E-state index contributed by atoms with van der Waals surface area (Å²) < 4.78 is 11.5. The molecule has 1 unspecified atom stereocenters. The monoisotopic (exact) mass is 416 g/mol. The van der Waals surface area contributed by atoms with Crippen LogP contribution in [0.3, 0.4) is 0 Å². The number of fused-ring (bicyclic) bond motifs is 1. The predicted molar refractivity (Wildman–Crippen MR) is 117 cm³/mol. The molecule has 0 N–H and O–H groups in total. The van der Waals surface area contributed by atoms with Gasteiger partial charge in [-0.25, -0.2) is 0 Å². The summed E-state index contributed by atoms with van der Waals surface area (Å²) in [5.74, 6) is 0.772. The van der Waals surface area contributed by atoms with Gasteiger partial charge in [-0.2, -0.15) is 0 Å². The molecule has 2 amide bonds. The number of carbonyl (C=O) groups excluding carboxylic acids is 2. The molecule has 0 spiro atoms. The molecule has 6 nitrogen and oxygen atoms in total. The van der Waals surface area contributed by atoms with Crippen LogP contribution in [0, 0.1) is 0 Å². The Hall–Kier alpha value is -3.67. The number of rotatable bonds is 7. The maximum Gasteiger partial charge on any atom is 0.262 e. The van der Waals surface area contributed by atoms with Gasteiger partial charge in [0.15, 0.2) is 0 Å². The number of nitrogens with zero attached hydrogens (tertiary/aromatic N) is 2. The van der Waals surface area contributed by atoms with Gasteiger partial charge in [-0.05, 0) is 51.1 Å². The van der Waals surface area contributed by atoms with Crippen LogP contribution in [-0.2, 0) is 0 Å². The first-order chi connectivity index (χ1) is 15.1. The predicted octanol–water partition coefficient (Wildman–Crippen LogP) is 4.90. The first kappa shape index (κ1) is 20.6. The second kappa shape index (κ2) is 8.60. The number of imide groups is 1. The van der Waals surface area contributed by atoms with E-state index >= 15 is 0 Å². The number of benzene rings is 2. The summed E-state index contributed by atoms with van der Waals surface area (Å²) in [5.41, 5.74) is 3.11. The van der Waals surface area contributed by atoms with Crippen molar-refractivity contribution in [1.29, 1.82) is 0 Å². The average molecular weight is 416 g/mol. The van der Waals surface area contributed by atoms with Crippen LogP contribution in [0.1, 0.15) is 53.2 Å². The molecule has 3 aromatic rings. The fourth-order valence-corrected chi connectivity index (χ4v) is 3.92. The molecule has 2 heterocycles. The SMILES string of the molecule is CCOc1ccc(-c2cccnc2C(C)N2C(=O)c3ccccc3C2=O)c(OCC)c1. The van der Waals surface area contributed by atoms with Gasteiger partial charge >= 0.3 is 0 Å². The summed E-state index contributed by atoms with van der Waals surface area (Å²) in [4.78, 5) is 31.8. The molecule has 2 aromatic carbocycles. The van der Waals surface area contributed by atoms with Gasteiger partial charge in [0.1, 0.15) is 11.5 Å². The Kier molecular flexibility index (Phi) is 5.71. The molecule has 0 bridgehead atoms. The first-order valence-corrected chi connectivity index (χ1v) is 10.4. The van der Waals surface area contributed by atoms with Crippen molar-refractivity contribution >= 4 is 11.8 Å². The van der Waals surface area contributed by atoms with Crippen molar-refractivity contribution in [2.45, 2.75) is 26.8 Å². The number of hydrogen-bond acceptors (Lipinski definition) is 5. The summed E-state index contributed by atoms with van der Waals surface area (Å²) in [7, 11) is 0. The molecule has 0 aliphatic carbocycles. The maximum atomic E-state index is 13.0. The Bertz CT molecular complexity index is 1110. The smallest absolute Gasteiger partial charge is 0.262 e. The molecule has 0 saturated heterocycles.